The summed E-state index contributed by atoms with van der Waals surface area (Å²) in [5.74, 6) is 0.608. The molecule has 2 aromatic rings. The monoisotopic (exact) mass is 422 g/mol. The molecule has 0 aliphatic carbocycles. The highest BCUT2D eigenvalue weighted by molar-refractivity contribution is 7.92. The molecule has 0 radical (unpaired) electrons. The summed E-state index contributed by atoms with van der Waals surface area (Å²) >= 11 is 0. The van der Waals surface area contributed by atoms with Crippen molar-refractivity contribution in [1.29, 1.82) is 0 Å². The highest BCUT2D eigenvalue weighted by Crippen LogP contribution is 2.28. The van der Waals surface area contributed by atoms with Crippen LogP contribution in [0.1, 0.15) is 12.8 Å². The van der Waals surface area contributed by atoms with E-state index in [1.165, 1.54) is 26.4 Å². The zero-order chi connectivity index (χ0) is 21.0. The van der Waals surface area contributed by atoms with Crippen LogP contribution in [0.3, 0.4) is 0 Å². The predicted molar refractivity (Wildman–Crippen MR) is 107 cm³/mol. The molecule has 0 saturated carbocycles. The summed E-state index contributed by atoms with van der Waals surface area (Å²) in [7, 11) is -0.522. The summed E-state index contributed by atoms with van der Waals surface area (Å²) in [5, 5.41) is 2.19. The van der Waals surface area contributed by atoms with E-state index in [0.717, 1.165) is 12.1 Å². The predicted octanol–water partition coefficient (Wildman–Crippen LogP) is 3.31. The second-order valence-corrected chi connectivity index (χ2v) is 8.94. The number of urea groups is 1. The summed E-state index contributed by atoms with van der Waals surface area (Å²) in [6, 6.07) is 9.55. The molecule has 1 aliphatic heterocycles. The van der Waals surface area contributed by atoms with Crippen LogP contribution in [0.25, 0.3) is 0 Å². The molecule has 2 aromatic carbocycles. The van der Waals surface area contributed by atoms with Crippen LogP contribution in [0.15, 0.2) is 47.4 Å². The second kappa shape index (κ2) is 8.69. The molecule has 1 aliphatic rings. The number of hydrogen-bond donors (Lipinski definition) is 1. The van der Waals surface area contributed by atoms with E-state index in [0.29, 0.717) is 43.1 Å². The molecule has 1 heterocycles. The van der Waals surface area contributed by atoms with Crippen LogP contribution in [0, 0.1) is 5.82 Å². The van der Waals surface area contributed by atoms with E-state index in [9.17, 15) is 17.6 Å². The van der Waals surface area contributed by atoms with E-state index in [4.69, 9.17) is 9.47 Å². The number of nitrogens with zero attached hydrogens (tertiary/aromatic N) is 1. The van der Waals surface area contributed by atoms with Gasteiger partial charge in [0.25, 0.3) is 0 Å². The molecule has 0 spiro atoms. The number of rotatable bonds is 5. The van der Waals surface area contributed by atoms with Gasteiger partial charge in [0.15, 0.2) is 9.84 Å². The number of carbonyl (C=O) groups excluding carboxylic acids is 1. The maximum atomic E-state index is 13.1. The third-order valence-corrected chi connectivity index (χ3v) is 7.19. The Morgan fingerprint density at radius 2 is 1.59 bits per heavy atom. The van der Waals surface area contributed by atoms with Crippen LogP contribution < -0.4 is 14.8 Å². The van der Waals surface area contributed by atoms with Crippen LogP contribution in [0.2, 0.25) is 0 Å². The molecule has 2 amide bonds. The van der Waals surface area contributed by atoms with Gasteiger partial charge in [0.2, 0.25) is 0 Å². The van der Waals surface area contributed by atoms with Gasteiger partial charge in [-0.2, -0.15) is 0 Å². The van der Waals surface area contributed by atoms with Crippen molar-refractivity contribution < 1.29 is 27.1 Å². The topological polar surface area (TPSA) is 84.9 Å². The zero-order valence-electron chi connectivity index (χ0n) is 16.2. The first kappa shape index (κ1) is 20.9. The van der Waals surface area contributed by atoms with Crippen molar-refractivity contribution >= 4 is 21.6 Å². The number of methoxy groups -OCH3 is 2. The summed E-state index contributed by atoms with van der Waals surface area (Å²) in [6.45, 7) is 0.607. The highest BCUT2D eigenvalue weighted by atomic mass is 32.2. The molecule has 1 N–H and O–H groups in total. The van der Waals surface area contributed by atoms with Gasteiger partial charge in [-0.1, -0.05) is 0 Å². The molecule has 7 nitrogen and oxygen atoms in total. The van der Waals surface area contributed by atoms with Crippen LogP contribution in [0.5, 0.6) is 11.5 Å². The molecule has 156 valence electrons. The van der Waals surface area contributed by atoms with Crippen molar-refractivity contribution in [3.63, 3.8) is 0 Å². The number of sulfone groups is 1. The average molecular weight is 422 g/mol. The first-order chi connectivity index (χ1) is 13.8. The van der Waals surface area contributed by atoms with Gasteiger partial charge in [-0.3, -0.25) is 0 Å². The first-order valence-corrected chi connectivity index (χ1v) is 10.7. The maximum Gasteiger partial charge on any atom is 0.321 e. The lowest BCUT2D eigenvalue weighted by Crippen LogP contribution is -2.44. The van der Waals surface area contributed by atoms with E-state index in [1.807, 2.05) is 0 Å². The number of likely N-dealkylation sites (tertiary alicyclic amines) is 1. The number of carbonyl (C=O) groups is 1. The van der Waals surface area contributed by atoms with E-state index in [-0.39, 0.29) is 10.9 Å². The summed E-state index contributed by atoms with van der Waals surface area (Å²) in [5.41, 5.74) is 0.521. The Balaban J connectivity index is 1.63. The van der Waals surface area contributed by atoms with E-state index >= 15 is 0 Å². The Hall–Kier alpha value is -2.81. The van der Waals surface area contributed by atoms with Crippen LogP contribution >= 0.6 is 0 Å². The van der Waals surface area contributed by atoms with Gasteiger partial charge >= 0.3 is 6.03 Å². The minimum Gasteiger partial charge on any atom is -0.497 e. The molecular formula is C20H23FN2O5S. The summed E-state index contributed by atoms with van der Waals surface area (Å²) in [4.78, 5) is 14.2. The Morgan fingerprint density at radius 3 is 2.10 bits per heavy atom. The molecular weight excluding hydrogens is 399 g/mol. The lowest BCUT2D eigenvalue weighted by atomic mass is 10.1. The lowest BCUT2D eigenvalue weighted by molar-refractivity contribution is 0.200. The van der Waals surface area contributed by atoms with Crippen molar-refractivity contribution in [3.8, 4) is 11.5 Å². The number of halogens is 1. The molecule has 3 rings (SSSR count). The SMILES string of the molecule is COc1cc(NC(=O)N2CCC(S(=O)(=O)c3ccc(F)cc3)CC2)cc(OC)c1. The number of ether oxygens (including phenoxy) is 2. The van der Waals surface area contributed by atoms with Crippen molar-refractivity contribution in [2.45, 2.75) is 23.0 Å². The highest BCUT2D eigenvalue weighted by Gasteiger charge is 2.32. The first-order valence-electron chi connectivity index (χ1n) is 9.12. The lowest BCUT2D eigenvalue weighted by Gasteiger charge is -2.31. The van der Waals surface area contributed by atoms with Crippen molar-refractivity contribution in [1.82, 2.24) is 4.90 Å². The minimum absolute atomic E-state index is 0.102. The summed E-state index contributed by atoms with van der Waals surface area (Å²) < 4.78 is 48.9. The fourth-order valence-electron chi connectivity index (χ4n) is 3.27. The number of benzene rings is 2. The molecule has 0 bridgehead atoms. The molecule has 1 fully saturated rings. The van der Waals surface area contributed by atoms with E-state index < -0.39 is 20.9 Å². The second-order valence-electron chi connectivity index (χ2n) is 6.72. The van der Waals surface area contributed by atoms with E-state index in [1.54, 1.807) is 23.1 Å². The number of piperidine rings is 1. The van der Waals surface area contributed by atoms with Gasteiger partial charge in [-0.05, 0) is 37.1 Å². The Kier molecular flexibility index (Phi) is 6.26. The van der Waals surface area contributed by atoms with Crippen molar-refractivity contribution in [2.75, 3.05) is 32.6 Å². The molecule has 9 heteroatoms. The van der Waals surface area contributed by atoms with Gasteiger partial charge in [-0.15, -0.1) is 0 Å². The van der Waals surface area contributed by atoms with Gasteiger partial charge in [-0.25, -0.2) is 17.6 Å². The Bertz CT molecular complexity index is 949. The smallest absolute Gasteiger partial charge is 0.321 e. The molecule has 0 unspecified atom stereocenters. The minimum atomic E-state index is -3.56. The maximum absolute atomic E-state index is 13.1. The molecule has 0 aromatic heterocycles. The fraction of sp³-hybridized carbons (Fsp3) is 0.350. The van der Waals surface area contributed by atoms with Crippen molar-refractivity contribution in [2.24, 2.45) is 0 Å². The Labute approximate surface area is 169 Å². The quantitative estimate of drug-likeness (QED) is 0.748. The van der Waals surface area contributed by atoms with Gasteiger partial charge in [0, 0.05) is 37.0 Å². The Morgan fingerprint density at radius 1 is 1.03 bits per heavy atom. The molecule has 29 heavy (non-hydrogen) atoms. The van der Waals surface area contributed by atoms with Crippen LogP contribution in [0.4, 0.5) is 14.9 Å². The van der Waals surface area contributed by atoms with Crippen LogP contribution in [-0.4, -0.2) is 51.9 Å². The number of hydrogen-bond acceptors (Lipinski definition) is 5. The largest absolute Gasteiger partial charge is 0.497 e. The van der Waals surface area contributed by atoms with Gasteiger partial charge in [0.05, 0.1) is 24.4 Å². The van der Waals surface area contributed by atoms with Gasteiger partial charge < -0.3 is 19.7 Å². The average Bonchev–Trinajstić information content (AvgIpc) is 2.73. The number of nitrogens with one attached hydrogen (secondary N) is 1. The summed E-state index contributed by atoms with van der Waals surface area (Å²) in [6.07, 6.45) is 0.628. The van der Waals surface area contributed by atoms with Gasteiger partial charge in [0.1, 0.15) is 17.3 Å². The van der Waals surface area contributed by atoms with E-state index in [2.05, 4.69) is 5.32 Å². The fourth-order valence-corrected chi connectivity index (χ4v) is 5.00. The standard InChI is InChI=1S/C20H23FN2O5S/c1-27-16-11-15(12-17(13-16)28-2)22-20(24)23-9-7-19(8-10-23)29(25,26)18-5-3-14(21)4-6-18/h3-6,11-13,19H,7-10H2,1-2H3,(H,22,24). The third-order valence-electron chi connectivity index (χ3n) is 4.91. The third kappa shape index (κ3) is 4.79. The number of amides is 2. The van der Waals surface area contributed by atoms with Crippen molar-refractivity contribution in [3.05, 3.63) is 48.3 Å². The number of anilines is 1. The van der Waals surface area contributed by atoms with Crippen LogP contribution in [-0.2, 0) is 9.84 Å². The molecule has 0 atom stereocenters. The molecule has 1 saturated heterocycles. The zero-order valence-corrected chi connectivity index (χ0v) is 17.0. The normalized spacial score (nSPS) is 15.1.